The predicted molar refractivity (Wildman–Crippen MR) is 96.9 cm³/mol. The third kappa shape index (κ3) is 4.72. The predicted octanol–water partition coefficient (Wildman–Crippen LogP) is 3.31. The number of nitrogens with one attached hydrogen (secondary N) is 1. The van der Waals surface area contributed by atoms with Crippen molar-refractivity contribution in [2.75, 3.05) is 17.7 Å². The van der Waals surface area contributed by atoms with E-state index in [4.69, 9.17) is 4.74 Å². The van der Waals surface area contributed by atoms with Crippen LogP contribution in [0.4, 0.5) is 5.69 Å². The number of rotatable bonds is 8. The number of anilines is 1. The average Bonchev–Trinajstić information content (AvgIpc) is 3.30. The summed E-state index contributed by atoms with van der Waals surface area (Å²) in [6.45, 7) is 2.67. The number of hydrogen-bond acceptors (Lipinski definition) is 6. The molecule has 1 aliphatic carbocycles. The van der Waals surface area contributed by atoms with Gasteiger partial charge in [-0.05, 0) is 41.8 Å². The van der Waals surface area contributed by atoms with E-state index in [1.54, 1.807) is 0 Å². The molecule has 1 N–H and O–H groups in total. The van der Waals surface area contributed by atoms with Crippen molar-refractivity contribution in [2.24, 2.45) is 0 Å². The first-order valence-electron chi connectivity index (χ1n) is 8.70. The molecule has 1 aromatic carbocycles. The van der Waals surface area contributed by atoms with Crippen molar-refractivity contribution in [1.29, 1.82) is 0 Å². The lowest BCUT2D eigenvalue weighted by atomic mass is 10.3. The molecule has 0 atom stereocenters. The number of benzene rings is 1. The van der Waals surface area contributed by atoms with Crippen LogP contribution in [-0.2, 0) is 4.79 Å². The highest BCUT2D eigenvalue weighted by Crippen LogP contribution is 2.31. The lowest BCUT2D eigenvalue weighted by Crippen LogP contribution is -2.16. The minimum absolute atomic E-state index is 0.0986. The van der Waals surface area contributed by atoms with Crippen molar-refractivity contribution < 1.29 is 9.53 Å². The van der Waals surface area contributed by atoms with Crippen LogP contribution >= 0.6 is 11.8 Å². The Morgan fingerprint density at radius 3 is 2.96 bits per heavy atom. The Kier molecular flexibility index (Phi) is 6.27. The van der Waals surface area contributed by atoms with E-state index in [0.717, 1.165) is 19.3 Å². The van der Waals surface area contributed by atoms with Crippen LogP contribution in [-0.4, -0.2) is 38.5 Å². The first-order valence-corrected chi connectivity index (χ1v) is 9.69. The Balaban J connectivity index is 1.56. The molecule has 0 aliphatic heterocycles. The maximum absolute atomic E-state index is 12.3. The summed E-state index contributed by atoms with van der Waals surface area (Å²) in [5, 5.41) is 15.5. The summed E-state index contributed by atoms with van der Waals surface area (Å²) in [4.78, 5) is 12.3. The molecule has 0 saturated heterocycles. The van der Waals surface area contributed by atoms with Crippen molar-refractivity contribution in [3.05, 3.63) is 24.3 Å². The van der Waals surface area contributed by atoms with Gasteiger partial charge in [0.15, 0.2) is 0 Å². The van der Waals surface area contributed by atoms with E-state index in [0.29, 0.717) is 29.2 Å². The molecule has 3 rings (SSSR count). The van der Waals surface area contributed by atoms with Gasteiger partial charge in [-0.25, -0.2) is 4.68 Å². The van der Waals surface area contributed by atoms with Crippen molar-refractivity contribution in [3.63, 3.8) is 0 Å². The van der Waals surface area contributed by atoms with Crippen molar-refractivity contribution in [1.82, 2.24) is 20.2 Å². The highest BCUT2D eigenvalue weighted by Gasteiger charge is 2.22. The van der Waals surface area contributed by atoms with E-state index in [1.165, 1.54) is 24.6 Å². The third-order valence-corrected chi connectivity index (χ3v) is 5.02. The number of hydrogen-bond donors (Lipinski definition) is 1. The zero-order valence-corrected chi connectivity index (χ0v) is 15.2. The van der Waals surface area contributed by atoms with Gasteiger partial charge in [0, 0.05) is 0 Å². The average molecular weight is 361 g/mol. The molecule has 1 heterocycles. The Bertz CT molecular complexity index is 700. The van der Waals surface area contributed by atoms with Crippen LogP contribution in [0, 0.1) is 0 Å². The zero-order chi connectivity index (χ0) is 17.5. The van der Waals surface area contributed by atoms with Crippen LogP contribution in [0.25, 0.3) is 0 Å². The van der Waals surface area contributed by atoms with Gasteiger partial charge in [0.1, 0.15) is 5.75 Å². The molecule has 8 heteroatoms. The maximum atomic E-state index is 12.3. The highest BCUT2D eigenvalue weighted by atomic mass is 32.2. The molecule has 1 amide bonds. The van der Waals surface area contributed by atoms with E-state index in [2.05, 4.69) is 20.8 Å². The second kappa shape index (κ2) is 8.84. The summed E-state index contributed by atoms with van der Waals surface area (Å²) < 4.78 is 7.53. The Morgan fingerprint density at radius 1 is 1.36 bits per heavy atom. The van der Waals surface area contributed by atoms with Gasteiger partial charge >= 0.3 is 0 Å². The Labute approximate surface area is 151 Å². The van der Waals surface area contributed by atoms with Gasteiger partial charge in [0.2, 0.25) is 11.1 Å². The number of carbonyl (C=O) groups excluding carboxylic acids is 1. The second-order valence-corrected chi connectivity index (χ2v) is 6.97. The fraction of sp³-hybridized carbons (Fsp3) is 0.529. The number of amides is 1. The van der Waals surface area contributed by atoms with E-state index < -0.39 is 0 Å². The molecule has 1 fully saturated rings. The molecule has 0 spiro atoms. The number of para-hydroxylation sites is 2. The van der Waals surface area contributed by atoms with Crippen LogP contribution < -0.4 is 10.1 Å². The normalized spacial score (nSPS) is 14.6. The lowest BCUT2D eigenvalue weighted by Gasteiger charge is -2.12. The van der Waals surface area contributed by atoms with Gasteiger partial charge in [-0.2, -0.15) is 0 Å². The molecule has 1 aliphatic rings. The lowest BCUT2D eigenvalue weighted by molar-refractivity contribution is -0.113. The fourth-order valence-electron chi connectivity index (χ4n) is 2.88. The quantitative estimate of drug-likeness (QED) is 0.727. The molecule has 0 unspecified atom stereocenters. The molecular formula is C17H23N5O2S. The minimum atomic E-state index is -0.0986. The number of thioether (sulfide) groups is 1. The van der Waals surface area contributed by atoms with Crippen LogP contribution in [0.15, 0.2) is 29.4 Å². The fourth-order valence-corrected chi connectivity index (χ4v) is 3.63. The summed E-state index contributed by atoms with van der Waals surface area (Å²) in [6.07, 6.45) is 5.55. The molecule has 7 nitrogen and oxygen atoms in total. The minimum Gasteiger partial charge on any atom is -0.491 e. The summed E-state index contributed by atoms with van der Waals surface area (Å²) in [5.41, 5.74) is 0.692. The highest BCUT2D eigenvalue weighted by molar-refractivity contribution is 7.99. The molecule has 2 aromatic rings. The third-order valence-electron chi connectivity index (χ3n) is 4.09. The van der Waals surface area contributed by atoms with Crippen LogP contribution in [0.3, 0.4) is 0 Å². The molecule has 1 aromatic heterocycles. The molecule has 0 bridgehead atoms. The van der Waals surface area contributed by atoms with Crippen LogP contribution in [0.5, 0.6) is 5.75 Å². The number of ether oxygens (including phenoxy) is 1. The summed E-state index contributed by atoms with van der Waals surface area (Å²) in [7, 11) is 0. The van der Waals surface area contributed by atoms with Gasteiger partial charge in [-0.15, -0.1) is 5.10 Å². The van der Waals surface area contributed by atoms with Crippen LogP contribution in [0.1, 0.15) is 45.1 Å². The summed E-state index contributed by atoms with van der Waals surface area (Å²) in [5.74, 6) is 0.854. The van der Waals surface area contributed by atoms with Crippen molar-refractivity contribution in [3.8, 4) is 5.75 Å². The van der Waals surface area contributed by atoms with Gasteiger partial charge in [-0.1, -0.05) is 43.7 Å². The van der Waals surface area contributed by atoms with Crippen LogP contribution in [0.2, 0.25) is 0 Å². The zero-order valence-electron chi connectivity index (χ0n) is 14.4. The summed E-state index contributed by atoms with van der Waals surface area (Å²) >= 11 is 1.37. The Morgan fingerprint density at radius 2 is 2.16 bits per heavy atom. The van der Waals surface area contributed by atoms with E-state index in [-0.39, 0.29) is 11.7 Å². The molecule has 134 valence electrons. The maximum Gasteiger partial charge on any atom is 0.234 e. The molecule has 0 radical (unpaired) electrons. The van der Waals surface area contributed by atoms with E-state index >= 15 is 0 Å². The SMILES string of the molecule is CCCOc1ccccc1NC(=O)CSc1nnnn1C1CCCC1. The van der Waals surface area contributed by atoms with Crippen molar-refractivity contribution in [2.45, 2.75) is 50.2 Å². The first-order chi connectivity index (χ1) is 12.3. The smallest absolute Gasteiger partial charge is 0.234 e. The van der Waals surface area contributed by atoms with E-state index in [1.807, 2.05) is 35.9 Å². The van der Waals surface area contributed by atoms with Gasteiger partial charge in [-0.3, -0.25) is 4.79 Å². The number of aromatic nitrogens is 4. The monoisotopic (exact) mass is 361 g/mol. The second-order valence-electron chi connectivity index (χ2n) is 6.03. The van der Waals surface area contributed by atoms with Gasteiger partial charge in [0.25, 0.3) is 0 Å². The molecule has 25 heavy (non-hydrogen) atoms. The first kappa shape index (κ1) is 17.7. The molecular weight excluding hydrogens is 338 g/mol. The topological polar surface area (TPSA) is 81.9 Å². The largest absolute Gasteiger partial charge is 0.491 e. The van der Waals surface area contributed by atoms with Crippen molar-refractivity contribution >= 4 is 23.4 Å². The standard InChI is InChI=1S/C17H23N5O2S/c1-2-11-24-15-10-6-5-9-14(15)18-16(23)12-25-17-19-20-21-22(17)13-7-3-4-8-13/h5-6,9-10,13H,2-4,7-8,11-12H2,1H3,(H,18,23). The number of tetrazole rings is 1. The van der Waals surface area contributed by atoms with E-state index in [9.17, 15) is 4.79 Å². The molecule has 1 saturated carbocycles. The number of nitrogens with zero attached hydrogens (tertiary/aromatic N) is 4. The number of carbonyl (C=O) groups is 1. The van der Waals surface area contributed by atoms with Gasteiger partial charge < -0.3 is 10.1 Å². The summed E-state index contributed by atoms with van der Waals surface area (Å²) in [6, 6.07) is 7.84. The Hall–Kier alpha value is -2.09. The van der Waals surface area contributed by atoms with Gasteiger partial charge in [0.05, 0.1) is 24.1 Å².